The Labute approximate surface area is 114 Å². The molecule has 5 nitrogen and oxygen atoms in total. The number of halogens is 1. The quantitative estimate of drug-likeness (QED) is 0.781. The molecule has 1 aliphatic heterocycles. The predicted octanol–water partition coefficient (Wildman–Crippen LogP) is 2.41. The van der Waals surface area contributed by atoms with E-state index in [4.69, 9.17) is 11.6 Å². The average Bonchev–Trinajstić information content (AvgIpc) is 2.79. The van der Waals surface area contributed by atoms with E-state index in [2.05, 4.69) is 14.7 Å². The number of methoxy groups -OCH3 is 1. The lowest BCUT2D eigenvalue weighted by Gasteiger charge is -2.17. The Bertz CT molecular complexity index is 464. The monoisotopic (exact) mass is 285 g/mol. The highest BCUT2D eigenvalue weighted by Gasteiger charge is 2.21. The minimum absolute atomic E-state index is 0.470. The minimum atomic E-state index is -0.571. The Hall–Kier alpha value is -1.27. The zero-order valence-electron chi connectivity index (χ0n) is 9.80. The fourth-order valence-electron chi connectivity index (χ4n) is 1.53. The second-order valence-corrected chi connectivity index (χ2v) is 5.07. The molecule has 2 rings (SSSR count). The maximum absolute atomic E-state index is 11.1. The summed E-state index contributed by atoms with van der Waals surface area (Å²) in [6.07, 6.45) is 1.15. The average molecular weight is 286 g/mol. The second-order valence-electron chi connectivity index (χ2n) is 3.62. The number of carbonyl (C=O) groups excluding carboxylic acids is 1. The number of thioether (sulfide) groups is 1. The van der Waals surface area contributed by atoms with Gasteiger partial charge in [0.25, 0.3) is 0 Å². The summed E-state index contributed by atoms with van der Waals surface area (Å²) in [6, 6.07) is 3.66. The molecule has 2 heterocycles. The van der Waals surface area contributed by atoms with Gasteiger partial charge in [0.2, 0.25) is 0 Å². The van der Waals surface area contributed by atoms with Crippen molar-refractivity contribution in [3.8, 4) is 0 Å². The Balaban J connectivity index is 2.06. The topological polar surface area (TPSA) is 54.8 Å². The summed E-state index contributed by atoms with van der Waals surface area (Å²) in [6.45, 7) is 1.51. The van der Waals surface area contributed by atoms with E-state index in [1.54, 1.807) is 24.0 Å². The fourth-order valence-corrected chi connectivity index (χ4v) is 2.61. The molecule has 0 radical (unpaired) electrons. The first-order valence-electron chi connectivity index (χ1n) is 5.34. The molecule has 18 heavy (non-hydrogen) atoms. The molecule has 1 aliphatic rings. The maximum atomic E-state index is 11.1. The van der Waals surface area contributed by atoms with Crippen molar-refractivity contribution in [1.82, 2.24) is 9.88 Å². The zero-order valence-corrected chi connectivity index (χ0v) is 11.4. The number of ether oxygens (including phenoxy) is 1. The van der Waals surface area contributed by atoms with Crippen LogP contribution < -0.4 is 0 Å². The highest BCUT2D eigenvalue weighted by Crippen LogP contribution is 2.20. The number of amidine groups is 1. The summed E-state index contributed by atoms with van der Waals surface area (Å²) in [4.78, 5) is 21.1. The van der Waals surface area contributed by atoms with Gasteiger partial charge in [-0.3, -0.25) is 0 Å². The van der Waals surface area contributed by atoms with E-state index in [0.29, 0.717) is 16.9 Å². The molecule has 0 N–H and O–H groups in total. The van der Waals surface area contributed by atoms with Crippen molar-refractivity contribution in [3.63, 3.8) is 0 Å². The highest BCUT2D eigenvalue weighted by atomic mass is 35.5. The van der Waals surface area contributed by atoms with Gasteiger partial charge < -0.3 is 9.64 Å². The summed E-state index contributed by atoms with van der Waals surface area (Å²) in [5.41, 5.74) is 1.03. The smallest absolute Gasteiger partial charge is 0.435 e. The van der Waals surface area contributed by atoms with Crippen molar-refractivity contribution in [1.29, 1.82) is 0 Å². The summed E-state index contributed by atoms with van der Waals surface area (Å²) in [5.74, 6) is 0.914. The van der Waals surface area contributed by atoms with E-state index in [1.165, 1.54) is 7.11 Å². The largest absolute Gasteiger partial charge is 0.451 e. The molecule has 1 amide bonds. The molecule has 0 aliphatic carbocycles. The van der Waals surface area contributed by atoms with Crippen LogP contribution in [0.1, 0.15) is 5.56 Å². The Kier molecular flexibility index (Phi) is 4.43. The normalized spacial score (nSPS) is 17.2. The molecule has 1 saturated heterocycles. The van der Waals surface area contributed by atoms with Gasteiger partial charge in [-0.05, 0) is 11.6 Å². The van der Waals surface area contributed by atoms with Gasteiger partial charge in [0.05, 0.1) is 7.11 Å². The number of nitrogens with zero attached hydrogens (tertiary/aromatic N) is 3. The van der Waals surface area contributed by atoms with Gasteiger partial charge in [0, 0.05) is 25.0 Å². The lowest BCUT2D eigenvalue weighted by atomic mass is 10.3. The summed E-state index contributed by atoms with van der Waals surface area (Å²) in [5, 5.41) is 1.16. The number of hydrogen-bond acceptors (Lipinski definition) is 4. The predicted molar refractivity (Wildman–Crippen MR) is 72.0 cm³/mol. The first-order valence-corrected chi connectivity index (χ1v) is 6.70. The van der Waals surface area contributed by atoms with Crippen molar-refractivity contribution in [2.24, 2.45) is 4.99 Å². The lowest BCUT2D eigenvalue weighted by molar-refractivity contribution is 0.182. The summed E-state index contributed by atoms with van der Waals surface area (Å²) < 4.78 is 4.53. The van der Waals surface area contributed by atoms with Crippen molar-refractivity contribution in [2.75, 3.05) is 19.4 Å². The van der Waals surface area contributed by atoms with E-state index in [1.807, 2.05) is 11.0 Å². The number of hydrogen-bond donors (Lipinski definition) is 0. The summed E-state index contributed by atoms with van der Waals surface area (Å²) >= 11 is 7.28. The van der Waals surface area contributed by atoms with Crippen molar-refractivity contribution < 1.29 is 9.53 Å². The molecule has 0 aromatic carbocycles. The van der Waals surface area contributed by atoms with Crippen LogP contribution in [0.25, 0.3) is 0 Å². The number of amides is 1. The molecule has 0 spiro atoms. The molecule has 7 heteroatoms. The number of aromatic nitrogens is 1. The van der Waals surface area contributed by atoms with Gasteiger partial charge in [0.15, 0.2) is 5.17 Å². The first kappa shape index (κ1) is 13.2. The van der Waals surface area contributed by atoms with Gasteiger partial charge in [-0.25, -0.2) is 9.78 Å². The van der Waals surface area contributed by atoms with Crippen LogP contribution >= 0.6 is 23.4 Å². The van der Waals surface area contributed by atoms with Gasteiger partial charge in [-0.2, -0.15) is 4.99 Å². The van der Waals surface area contributed by atoms with Crippen LogP contribution in [0.4, 0.5) is 4.79 Å². The minimum Gasteiger partial charge on any atom is -0.451 e. The maximum Gasteiger partial charge on any atom is 0.435 e. The first-order chi connectivity index (χ1) is 8.69. The van der Waals surface area contributed by atoms with Crippen LogP contribution in [0.15, 0.2) is 23.3 Å². The van der Waals surface area contributed by atoms with Crippen LogP contribution in [0.2, 0.25) is 5.15 Å². The third-order valence-electron chi connectivity index (χ3n) is 2.39. The van der Waals surface area contributed by atoms with Gasteiger partial charge in [0.1, 0.15) is 5.15 Å². The number of aliphatic imine (C=N–C) groups is 1. The lowest BCUT2D eigenvalue weighted by Crippen LogP contribution is -2.24. The number of rotatable bonds is 2. The summed E-state index contributed by atoms with van der Waals surface area (Å²) in [7, 11) is 1.32. The van der Waals surface area contributed by atoms with Gasteiger partial charge in [-0.15, -0.1) is 0 Å². The van der Waals surface area contributed by atoms with Gasteiger partial charge in [-0.1, -0.05) is 29.4 Å². The Morgan fingerprint density at radius 2 is 2.50 bits per heavy atom. The third kappa shape index (κ3) is 3.36. The van der Waals surface area contributed by atoms with E-state index in [-0.39, 0.29) is 0 Å². The van der Waals surface area contributed by atoms with Crippen LogP contribution in [-0.2, 0) is 11.3 Å². The molecular formula is C11H12ClN3O2S. The van der Waals surface area contributed by atoms with Crippen molar-refractivity contribution in [3.05, 3.63) is 29.0 Å². The van der Waals surface area contributed by atoms with E-state index in [0.717, 1.165) is 17.9 Å². The van der Waals surface area contributed by atoms with E-state index in [9.17, 15) is 4.79 Å². The van der Waals surface area contributed by atoms with E-state index >= 15 is 0 Å². The molecule has 96 valence electrons. The second kappa shape index (κ2) is 6.06. The SMILES string of the molecule is COC(=O)/N=C1/SCCN1Cc1ccc(Cl)nc1. The number of carbonyl (C=O) groups is 1. The van der Waals surface area contributed by atoms with Crippen molar-refractivity contribution in [2.45, 2.75) is 6.54 Å². The molecule has 1 fully saturated rings. The van der Waals surface area contributed by atoms with Crippen molar-refractivity contribution >= 4 is 34.6 Å². The highest BCUT2D eigenvalue weighted by molar-refractivity contribution is 8.14. The van der Waals surface area contributed by atoms with Crippen LogP contribution in [-0.4, -0.2) is 40.6 Å². The Morgan fingerprint density at radius 3 is 3.17 bits per heavy atom. The van der Waals surface area contributed by atoms with Crippen LogP contribution in [0, 0.1) is 0 Å². The number of pyridine rings is 1. The third-order valence-corrected chi connectivity index (χ3v) is 3.60. The standard InChI is InChI=1S/C11H12ClN3O2S/c1-17-11(16)14-10-15(4-5-18-10)7-8-2-3-9(12)13-6-8/h2-3,6H,4-5,7H2,1H3/b14-10+. The van der Waals surface area contributed by atoms with Crippen LogP contribution in [0.3, 0.4) is 0 Å². The molecule has 1 aromatic rings. The van der Waals surface area contributed by atoms with Gasteiger partial charge >= 0.3 is 6.09 Å². The molecule has 0 saturated carbocycles. The van der Waals surface area contributed by atoms with E-state index < -0.39 is 6.09 Å². The Morgan fingerprint density at radius 1 is 1.67 bits per heavy atom. The molecule has 1 aromatic heterocycles. The fraction of sp³-hybridized carbons (Fsp3) is 0.364. The molecule has 0 unspecified atom stereocenters. The molecule has 0 bridgehead atoms. The molecule has 0 atom stereocenters. The zero-order chi connectivity index (χ0) is 13.0. The van der Waals surface area contributed by atoms with Crippen LogP contribution in [0.5, 0.6) is 0 Å². The molecular weight excluding hydrogens is 274 g/mol.